The second kappa shape index (κ2) is 5.82. The molecule has 7 heteroatoms. The van der Waals surface area contributed by atoms with Crippen molar-refractivity contribution in [2.75, 3.05) is 0 Å². The van der Waals surface area contributed by atoms with E-state index in [0.29, 0.717) is 16.4 Å². The molecule has 0 amide bonds. The highest BCUT2D eigenvalue weighted by atomic mass is 19.1. The van der Waals surface area contributed by atoms with Crippen molar-refractivity contribution in [3.63, 3.8) is 0 Å². The summed E-state index contributed by atoms with van der Waals surface area (Å²) in [6.07, 6.45) is 1.06. The monoisotopic (exact) mass is 361 g/mol. The number of nitrogens with zero attached hydrogens (tertiary/aromatic N) is 1. The summed E-state index contributed by atoms with van der Waals surface area (Å²) >= 11 is 0. The van der Waals surface area contributed by atoms with Crippen LogP contribution in [0.2, 0.25) is 0 Å². The van der Waals surface area contributed by atoms with Crippen LogP contribution >= 0.6 is 0 Å². The highest BCUT2D eigenvalue weighted by Crippen LogP contribution is 2.37. The number of halogens is 1. The van der Waals surface area contributed by atoms with Crippen LogP contribution in [0.25, 0.3) is 10.9 Å². The Labute approximate surface area is 153 Å². The lowest BCUT2D eigenvalue weighted by Gasteiger charge is -2.32. The van der Waals surface area contributed by atoms with Gasteiger partial charge < -0.3 is 14.0 Å². The van der Waals surface area contributed by atoms with E-state index in [1.807, 2.05) is 27.7 Å². The molecule has 140 valence electrons. The SMILES string of the molecule is CC(C)(C)OC(=O)n1ccc2c(B3OC(C)(C)C(C)(C)O3)c(F)ccc21. The molecule has 3 rings (SSSR count). The number of carbonyl (C=O) groups is 1. The lowest BCUT2D eigenvalue weighted by atomic mass is 9.76. The van der Waals surface area contributed by atoms with Crippen molar-refractivity contribution in [3.05, 3.63) is 30.2 Å². The van der Waals surface area contributed by atoms with Gasteiger partial charge in [-0.3, -0.25) is 4.57 Å². The Bertz CT molecular complexity index is 850. The summed E-state index contributed by atoms with van der Waals surface area (Å²) in [6.45, 7) is 13.0. The van der Waals surface area contributed by atoms with Crippen molar-refractivity contribution < 1.29 is 23.2 Å². The largest absolute Gasteiger partial charge is 0.498 e. The van der Waals surface area contributed by atoms with E-state index in [1.54, 1.807) is 39.1 Å². The lowest BCUT2D eigenvalue weighted by molar-refractivity contribution is 0.00578. The molecule has 0 saturated carbocycles. The maximum atomic E-state index is 14.7. The van der Waals surface area contributed by atoms with Gasteiger partial charge in [0, 0.05) is 17.0 Å². The fourth-order valence-electron chi connectivity index (χ4n) is 2.88. The second-order valence-electron chi connectivity index (χ2n) is 8.65. The highest BCUT2D eigenvalue weighted by molar-refractivity contribution is 6.65. The van der Waals surface area contributed by atoms with Gasteiger partial charge in [0.2, 0.25) is 0 Å². The minimum absolute atomic E-state index is 0.295. The number of hydrogen-bond acceptors (Lipinski definition) is 4. The van der Waals surface area contributed by atoms with Crippen LogP contribution < -0.4 is 5.46 Å². The van der Waals surface area contributed by atoms with Gasteiger partial charge in [0.25, 0.3) is 0 Å². The van der Waals surface area contributed by atoms with Gasteiger partial charge in [-0.25, -0.2) is 9.18 Å². The fraction of sp³-hybridized carbons (Fsp3) is 0.526. The standard InChI is InChI=1S/C19H25BFNO4/c1-17(2,3)24-16(23)22-11-10-12-14(22)9-8-13(21)15(12)20-25-18(4,5)19(6,7)26-20/h8-11H,1-7H3. The van der Waals surface area contributed by atoms with E-state index < -0.39 is 35.8 Å². The van der Waals surface area contributed by atoms with Gasteiger partial charge >= 0.3 is 13.2 Å². The van der Waals surface area contributed by atoms with E-state index in [4.69, 9.17) is 14.0 Å². The molecule has 5 nitrogen and oxygen atoms in total. The third-order valence-corrected chi connectivity index (χ3v) is 4.94. The maximum Gasteiger partial charge on any atom is 0.498 e. The Morgan fingerprint density at radius 3 is 2.23 bits per heavy atom. The number of rotatable bonds is 1. The average Bonchev–Trinajstić information content (AvgIpc) is 2.95. The second-order valence-corrected chi connectivity index (χ2v) is 8.65. The highest BCUT2D eigenvalue weighted by Gasteiger charge is 2.53. The Kier molecular flexibility index (Phi) is 4.24. The minimum atomic E-state index is -0.849. The van der Waals surface area contributed by atoms with E-state index in [1.165, 1.54) is 10.6 Å². The third-order valence-electron chi connectivity index (χ3n) is 4.94. The Morgan fingerprint density at radius 1 is 1.12 bits per heavy atom. The normalized spacial score (nSPS) is 19.2. The van der Waals surface area contributed by atoms with Crippen molar-refractivity contribution >= 4 is 29.6 Å². The topological polar surface area (TPSA) is 49.7 Å². The van der Waals surface area contributed by atoms with E-state index in [9.17, 15) is 9.18 Å². The zero-order chi connectivity index (χ0) is 19.5. The van der Waals surface area contributed by atoms with Crippen molar-refractivity contribution in [1.29, 1.82) is 0 Å². The minimum Gasteiger partial charge on any atom is -0.443 e. The summed E-state index contributed by atoms with van der Waals surface area (Å²) in [7, 11) is -0.849. The predicted molar refractivity (Wildman–Crippen MR) is 99.2 cm³/mol. The maximum absolute atomic E-state index is 14.7. The van der Waals surface area contributed by atoms with Crippen molar-refractivity contribution in [2.45, 2.75) is 65.3 Å². The average molecular weight is 361 g/mol. The molecule has 26 heavy (non-hydrogen) atoms. The van der Waals surface area contributed by atoms with Crippen LogP contribution in [0.5, 0.6) is 0 Å². The number of benzene rings is 1. The van der Waals surface area contributed by atoms with Gasteiger partial charge in [0.15, 0.2) is 0 Å². The molecule has 1 aromatic heterocycles. The molecule has 0 atom stereocenters. The summed E-state index contributed by atoms with van der Waals surface area (Å²) in [4.78, 5) is 12.4. The Balaban J connectivity index is 2.06. The molecule has 0 unspecified atom stereocenters. The number of ether oxygens (including phenoxy) is 1. The summed E-state index contributed by atoms with van der Waals surface area (Å²) in [5.74, 6) is -0.432. The van der Waals surface area contributed by atoms with Gasteiger partial charge in [0.1, 0.15) is 11.4 Å². The lowest BCUT2D eigenvalue weighted by Crippen LogP contribution is -2.41. The quantitative estimate of drug-likeness (QED) is 0.724. The zero-order valence-electron chi connectivity index (χ0n) is 16.3. The molecule has 1 aromatic carbocycles. The van der Waals surface area contributed by atoms with Crippen molar-refractivity contribution in [3.8, 4) is 0 Å². The van der Waals surface area contributed by atoms with Gasteiger partial charge in [-0.1, -0.05) is 0 Å². The molecule has 1 aliphatic rings. The molecular formula is C19H25BFNO4. The molecule has 2 heterocycles. The predicted octanol–water partition coefficient (Wildman–Crippen LogP) is 3.86. The molecule has 0 N–H and O–H groups in total. The van der Waals surface area contributed by atoms with E-state index in [2.05, 4.69) is 0 Å². The number of aromatic nitrogens is 1. The Hall–Kier alpha value is -1.86. The smallest absolute Gasteiger partial charge is 0.443 e. The zero-order valence-corrected chi connectivity index (χ0v) is 16.3. The summed E-state index contributed by atoms with van der Waals surface area (Å²) in [6, 6.07) is 4.57. The Morgan fingerprint density at radius 2 is 1.69 bits per heavy atom. The summed E-state index contributed by atoms with van der Waals surface area (Å²) < 4.78 is 33.5. The molecule has 0 spiro atoms. The van der Waals surface area contributed by atoms with Crippen LogP contribution in [0.3, 0.4) is 0 Å². The first kappa shape index (κ1) is 18.9. The summed E-state index contributed by atoms with van der Waals surface area (Å²) in [5.41, 5.74) is -0.948. The molecule has 1 fully saturated rings. The van der Waals surface area contributed by atoms with Crippen molar-refractivity contribution in [2.24, 2.45) is 0 Å². The first-order valence-corrected chi connectivity index (χ1v) is 8.71. The van der Waals surface area contributed by atoms with E-state index in [0.717, 1.165) is 0 Å². The third kappa shape index (κ3) is 3.14. The molecule has 1 saturated heterocycles. The molecule has 0 radical (unpaired) electrons. The van der Waals surface area contributed by atoms with Crippen LogP contribution in [0.15, 0.2) is 24.4 Å². The van der Waals surface area contributed by atoms with Gasteiger partial charge in [0.05, 0.1) is 16.7 Å². The van der Waals surface area contributed by atoms with Gasteiger partial charge in [-0.15, -0.1) is 0 Å². The van der Waals surface area contributed by atoms with E-state index >= 15 is 0 Å². The number of hydrogen-bond donors (Lipinski definition) is 0. The first-order chi connectivity index (χ1) is 11.8. The molecule has 1 aliphatic heterocycles. The van der Waals surface area contributed by atoms with Crippen LogP contribution in [0, 0.1) is 5.82 Å². The van der Waals surface area contributed by atoms with Crippen LogP contribution in [0.4, 0.5) is 9.18 Å². The summed E-state index contributed by atoms with van der Waals surface area (Å²) in [5, 5.41) is 0.564. The molecule has 0 bridgehead atoms. The fourth-order valence-corrected chi connectivity index (χ4v) is 2.88. The first-order valence-electron chi connectivity index (χ1n) is 8.71. The van der Waals surface area contributed by atoms with Crippen LogP contribution in [-0.4, -0.2) is 34.6 Å². The van der Waals surface area contributed by atoms with Crippen LogP contribution in [0.1, 0.15) is 48.5 Å². The van der Waals surface area contributed by atoms with Gasteiger partial charge in [-0.2, -0.15) is 0 Å². The van der Waals surface area contributed by atoms with Gasteiger partial charge in [-0.05, 0) is 66.7 Å². The number of fused-ring (bicyclic) bond motifs is 1. The molecular weight excluding hydrogens is 336 g/mol. The number of carbonyl (C=O) groups excluding carboxylic acids is 1. The molecule has 2 aromatic rings. The van der Waals surface area contributed by atoms with Crippen molar-refractivity contribution in [1.82, 2.24) is 4.57 Å². The molecule has 0 aliphatic carbocycles. The van der Waals surface area contributed by atoms with E-state index in [-0.39, 0.29) is 0 Å². The van der Waals surface area contributed by atoms with Crippen LogP contribution in [-0.2, 0) is 14.0 Å².